The fourth-order valence-electron chi connectivity index (χ4n) is 2.31. The second-order valence-corrected chi connectivity index (χ2v) is 5.65. The average molecular weight is 296 g/mol. The lowest BCUT2D eigenvalue weighted by Crippen LogP contribution is -2.48. The van der Waals surface area contributed by atoms with Gasteiger partial charge in [0.25, 0.3) is 0 Å². The highest BCUT2D eigenvalue weighted by Crippen LogP contribution is 2.22. The normalized spacial score (nSPS) is 24.2. The molecule has 0 aliphatic carbocycles. The van der Waals surface area contributed by atoms with Crippen molar-refractivity contribution in [1.82, 2.24) is 10.2 Å². The van der Waals surface area contributed by atoms with Crippen LogP contribution in [-0.4, -0.2) is 54.4 Å². The topological polar surface area (TPSA) is 52.6 Å². The molecule has 20 heavy (non-hydrogen) atoms. The fraction of sp³-hybridized carbons (Fsp3) is 0.923. The number of likely N-dealkylation sites (tertiary alicyclic amines) is 1. The second kappa shape index (κ2) is 7.26. The first-order valence-electron chi connectivity index (χ1n) is 6.93. The summed E-state index contributed by atoms with van der Waals surface area (Å²) in [6, 6.07) is -0.189. The Bertz CT molecular complexity index is 323. The maximum atomic E-state index is 12.4. The summed E-state index contributed by atoms with van der Waals surface area (Å²) >= 11 is 0. The molecule has 1 aliphatic heterocycles. The lowest BCUT2D eigenvalue weighted by atomic mass is 9.96. The Morgan fingerprint density at radius 3 is 2.65 bits per heavy atom. The molecule has 0 aromatic heterocycles. The van der Waals surface area contributed by atoms with E-state index in [1.165, 1.54) is 4.90 Å². The maximum Gasteiger partial charge on any atom is 0.401 e. The standard InChI is InChI=1S/C13H23F3N2O2/c1-9(7-19)10(2)17-12(20)11-4-3-5-18(6-11)8-13(14,15)16/h9-11,19H,3-8H2,1-2H3,(H,17,20). The number of nitrogens with zero attached hydrogens (tertiary/aromatic N) is 1. The van der Waals surface area contributed by atoms with Crippen molar-refractivity contribution in [2.45, 2.75) is 38.9 Å². The van der Waals surface area contributed by atoms with Crippen molar-refractivity contribution in [1.29, 1.82) is 0 Å². The highest BCUT2D eigenvalue weighted by Gasteiger charge is 2.34. The molecule has 4 nitrogen and oxygen atoms in total. The minimum atomic E-state index is -4.23. The van der Waals surface area contributed by atoms with E-state index in [1.807, 2.05) is 6.92 Å². The van der Waals surface area contributed by atoms with Gasteiger partial charge in [-0.25, -0.2) is 0 Å². The monoisotopic (exact) mass is 296 g/mol. The Kier molecular flexibility index (Phi) is 6.26. The molecule has 2 N–H and O–H groups in total. The number of alkyl halides is 3. The molecule has 0 radical (unpaired) electrons. The van der Waals surface area contributed by atoms with Crippen LogP contribution in [-0.2, 0) is 4.79 Å². The van der Waals surface area contributed by atoms with Gasteiger partial charge in [-0.3, -0.25) is 9.69 Å². The molecule has 1 aliphatic rings. The van der Waals surface area contributed by atoms with Crippen LogP contribution in [0.15, 0.2) is 0 Å². The zero-order valence-corrected chi connectivity index (χ0v) is 11.9. The molecule has 0 spiro atoms. The largest absolute Gasteiger partial charge is 0.401 e. The minimum absolute atomic E-state index is 0.0354. The summed E-state index contributed by atoms with van der Waals surface area (Å²) in [4.78, 5) is 13.3. The van der Waals surface area contributed by atoms with Crippen LogP contribution in [0, 0.1) is 11.8 Å². The van der Waals surface area contributed by atoms with Crippen LogP contribution in [0.2, 0.25) is 0 Å². The van der Waals surface area contributed by atoms with Crippen molar-refractivity contribution in [3.05, 3.63) is 0 Å². The van der Waals surface area contributed by atoms with Crippen molar-refractivity contribution >= 4 is 5.91 Å². The summed E-state index contributed by atoms with van der Waals surface area (Å²) in [6.07, 6.45) is -3.02. The van der Waals surface area contributed by atoms with Crippen LogP contribution in [0.3, 0.4) is 0 Å². The molecule has 0 aromatic rings. The van der Waals surface area contributed by atoms with Crippen LogP contribution in [0.5, 0.6) is 0 Å². The Balaban J connectivity index is 2.48. The van der Waals surface area contributed by atoms with Crippen LogP contribution in [0.25, 0.3) is 0 Å². The van der Waals surface area contributed by atoms with E-state index in [2.05, 4.69) is 5.32 Å². The van der Waals surface area contributed by atoms with E-state index >= 15 is 0 Å². The number of hydrogen-bond acceptors (Lipinski definition) is 3. The van der Waals surface area contributed by atoms with Crippen molar-refractivity contribution in [2.75, 3.05) is 26.2 Å². The van der Waals surface area contributed by atoms with Gasteiger partial charge in [-0.05, 0) is 32.2 Å². The number of aliphatic hydroxyl groups excluding tert-OH is 1. The first kappa shape index (κ1) is 17.2. The van der Waals surface area contributed by atoms with Gasteiger partial charge in [-0.1, -0.05) is 6.92 Å². The van der Waals surface area contributed by atoms with Crippen LogP contribution >= 0.6 is 0 Å². The van der Waals surface area contributed by atoms with Crippen molar-refractivity contribution in [2.24, 2.45) is 11.8 Å². The smallest absolute Gasteiger partial charge is 0.396 e. The summed E-state index contributed by atoms with van der Waals surface area (Å²) in [5, 5.41) is 11.8. The third-order valence-electron chi connectivity index (χ3n) is 3.79. The Labute approximate surface area is 117 Å². The van der Waals surface area contributed by atoms with Crippen LogP contribution in [0.4, 0.5) is 13.2 Å². The molecule has 1 rings (SSSR count). The quantitative estimate of drug-likeness (QED) is 0.806. The summed E-state index contributed by atoms with van der Waals surface area (Å²) in [7, 11) is 0. The third kappa shape index (κ3) is 5.66. The van der Waals surface area contributed by atoms with Crippen LogP contribution < -0.4 is 5.32 Å². The number of carbonyl (C=O) groups excluding carboxylic acids is 1. The van der Waals surface area contributed by atoms with Gasteiger partial charge in [0, 0.05) is 19.2 Å². The van der Waals surface area contributed by atoms with E-state index in [1.54, 1.807) is 6.92 Å². The van der Waals surface area contributed by atoms with Gasteiger partial charge in [0.05, 0.1) is 12.5 Å². The van der Waals surface area contributed by atoms with Crippen molar-refractivity contribution < 1.29 is 23.1 Å². The van der Waals surface area contributed by atoms with E-state index in [-0.39, 0.29) is 31.0 Å². The Morgan fingerprint density at radius 2 is 2.10 bits per heavy atom. The molecule has 7 heteroatoms. The predicted octanol–water partition coefficient (Wildman–Crippen LogP) is 1.39. The molecule has 3 unspecified atom stereocenters. The number of aliphatic hydroxyl groups is 1. The third-order valence-corrected chi connectivity index (χ3v) is 3.79. The first-order chi connectivity index (χ1) is 9.23. The first-order valence-corrected chi connectivity index (χ1v) is 6.93. The molecule has 0 saturated carbocycles. The second-order valence-electron chi connectivity index (χ2n) is 5.65. The molecule has 1 fully saturated rings. The summed E-state index contributed by atoms with van der Waals surface area (Å²) in [5.41, 5.74) is 0. The molecule has 1 saturated heterocycles. The van der Waals surface area contributed by atoms with Crippen molar-refractivity contribution in [3.63, 3.8) is 0 Å². The number of nitrogens with one attached hydrogen (secondary N) is 1. The Hall–Kier alpha value is -0.820. The molecule has 3 atom stereocenters. The number of piperidine rings is 1. The Morgan fingerprint density at radius 1 is 1.45 bits per heavy atom. The van der Waals surface area contributed by atoms with Gasteiger partial charge >= 0.3 is 6.18 Å². The fourth-order valence-corrected chi connectivity index (χ4v) is 2.31. The summed E-state index contributed by atoms with van der Waals surface area (Å²) < 4.78 is 37.1. The molecule has 0 aromatic carbocycles. The van der Waals surface area contributed by atoms with Gasteiger partial charge in [0.1, 0.15) is 0 Å². The van der Waals surface area contributed by atoms with Gasteiger partial charge < -0.3 is 10.4 Å². The maximum absolute atomic E-state index is 12.4. The zero-order chi connectivity index (χ0) is 15.3. The minimum Gasteiger partial charge on any atom is -0.396 e. The highest BCUT2D eigenvalue weighted by atomic mass is 19.4. The molecular formula is C13H23F3N2O2. The average Bonchev–Trinajstić information content (AvgIpc) is 2.35. The van der Waals surface area contributed by atoms with E-state index in [4.69, 9.17) is 5.11 Å². The predicted molar refractivity (Wildman–Crippen MR) is 69.1 cm³/mol. The summed E-state index contributed by atoms with van der Waals surface area (Å²) in [5.74, 6) is -0.696. The summed E-state index contributed by atoms with van der Waals surface area (Å²) in [6.45, 7) is 3.13. The number of carbonyl (C=O) groups is 1. The van der Waals surface area contributed by atoms with E-state index in [0.717, 1.165) is 0 Å². The lowest BCUT2D eigenvalue weighted by molar-refractivity contribution is -0.152. The SMILES string of the molecule is CC(CO)C(C)NC(=O)C1CCCN(CC(F)(F)F)C1. The van der Waals surface area contributed by atoms with Gasteiger partial charge in [-0.2, -0.15) is 13.2 Å². The molecule has 118 valence electrons. The van der Waals surface area contributed by atoms with Crippen molar-refractivity contribution in [3.8, 4) is 0 Å². The lowest BCUT2D eigenvalue weighted by Gasteiger charge is -2.33. The van der Waals surface area contributed by atoms with E-state index in [0.29, 0.717) is 19.4 Å². The highest BCUT2D eigenvalue weighted by molar-refractivity contribution is 5.79. The van der Waals surface area contributed by atoms with Crippen LogP contribution in [0.1, 0.15) is 26.7 Å². The number of halogens is 3. The molecule has 0 bridgehead atoms. The van der Waals surface area contributed by atoms with Gasteiger partial charge in [-0.15, -0.1) is 0 Å². The number of rotatable bonds is 5. The molecular weight excluding hydrogens is 273 g/mol. The zero-order valence-electron chi connectivity index (χ0n) is 11.9. The molecule has 1 amide bonds. The number of amides is 1. The van der Waals surface area contributed by atoms with E-state index in [9.17, 15) is 18.0 Å². The number of hydrogen-bond donors (Lipinski definition) is 2. The molecule has 1 heterocycles. The van der Waals surface area contributed by atoms with Gasteiger partial charge in [0.2, 0.25) is 5.91 Å². The van der Waals surface area contributed by atoms with Gasteiger partial charge in [0.15, 0.2) is 0 Å². The van der Waals surface area contributed by atoms with E-state index < -0.39 is 18.6 Å².